The minimum Gasteiger partial charge on any atom is -0.393 e. The van der Waals surface area contributed by atoms with Crippen molar-refractivity contribution >= 4 is 16.6 Å². The quantitative estimate of drug-likeness (QED) is 0.785. The van der Waals surface area contributed by atoms with Crippen molar-refractivity contribution in [1.82, 2.24) is 4.98 Å². The molecule has 2 fully saturated rings. The van der Waals surface area contributed by atoms with E-state index < -0.39 is 6.10 Å². The number of H-pyrrole nitrogens is 1. The van der Waals surface area contributed by atoms with Gasteiger partial charge in [0.05, 0.1) is 17.8 Å². The van der Waals surface area contributed by atoms with Gasteiger partial charge in [-0.2, -0.15) is 5.26 Å². The van der Waals surface area contributed by atoms with Crippen molar-refractivity contribution in [2.75, 3.05) is 24.6 Å². The lowest BCUT2D eigenvalue weighted by Gasteiger charge is -2.48. The highest BCUT2D eigenvalue weighted by atomic mass is 16.3. The first-order chi connectivity index (χ1) is 12.6. The van der Waals surface area contributed by atoms with Crippen molar-refractivity contribution in [2.24, 2.45) is 5.41 Å². The van der Waals surface area contributed by atoms with Crippen molar-refractivity contribution in [3.8, 4) is 6.07 Å². The number of piperidine rings is 1. The van der Waals surface area contributed by atoms with E-state index in [0.717, 1.165) is 31.3 Å². The summed E-state index contributed by atoms with van der Waals surface area (Å²) in [5, 5.41) is 29.6. The number of aliphatic hydroxyl groups excluding tert-OH is 2. The van der Waals surface area contributed by atoms with Gasteiger partial charge in [-0.3, -0.25) is 4.79 Å². The second kappa shape index (κ2) is 6.42. The van der Waals surface area contributed by atoms with Gasteiger partial charge >= 0.3 is 0 Å². The fourth-order valence-corrected chi connectivity index (χ4v) is 4.42. The van der Waals surface area contributed by atoms with E-state index in [4.69, 9.17) is 0 Å². The molecule has 1 aliphatic heterocycles. The lowest BCUT2D eigenvalue weighted by molar-refractivity contribution is 0.0954. The molecule has 2 heterocycles. The Labute approximate surface area is 151 Å². The number of nitriles is 1. The Morgan fingerprint density at radius 2 is 2.00 bits per heavy atom. The Morgan fingerprint density at radius 1 is 1.27 bits per heavy atom. The van der Waals surface area contributed by atoms with Crippen LogP contribution in [0.4, 0.5) is 5.69 Å². The lowest BCUT2D eigenvalue weighted by Crippen LogP contribution is -2.44. The van der Waals surface area contributed by atoms with Crippen molar-refractivity contribution in [1.29, 1.82) is 5.26 Å². The van der Waals surface area contributed by atoms with Gasteiger partial charge in [0.1, 0.15) is 17.7 Å². The predicted molar refractivity (Wildman–Crippen MR) is 99.1 cm³/mol. The molecule has 3 N–H and O–H groups in total. The number of hydrogen-bond donors (Lipinski definition) is 3. The first kappa shape index (κ1) is 17.1. The number of anilines is 1. The molecule has 1 atom stereocenters. The first-order valence-electron chi connectivity index (χ1n) is 9.21. The van der Waals surface area contributed by atoms with Crippen molar-refractivity contribution in [3.05, 3.63) is 39.7 Å². The Balaban J connectivity index is 1.82. The number of aromatic nitrogens is 1. The summed E-state index contributed by atoms with van der Waals surface area (Å²) in [7, 11) is 0. The molecule has 136 valence electrons. The smallest absolute Gasteiger partial charge is 0.268 e. The zero-order valence-electron chi connectivity index (χ0n) is 14.7. The SMILES string of the molecule is N#Cc1c(N2CCC3(CCC3)CC2)c2cc(C(O)CO)ccc2[nH]c1=O. The topological polar surface area (TPSA) is 100 Å². The van der Waals surface area contributed by atoms with E-state index in [2.05, 4.69) is 16.0 Å². The molecule has 2 aliphatic rings. The van der Waals surface area contributed by atoms with E-state index in [-0.39, 0.29) is 17.7 Å². The van der Waals surface area contributed by atoms with Crippen LogP contribution in [0.2, 0.25) is 0 Å². The molecule has 1 aromatic carbocycles. The fraction of sp³-hybridized carbons (Fsp3) is 0.500. The summed E-state index contributed by atoms with van der Waals surface area (Å²) >= 11 is 0. The molecule has 1 aromatic heterocycles. The van der Waals surface area contributed by atoms with Crippen molar-refractivity contribution in [3.63, 3.8) is 0 Å². The van der Waals surface area contributed by atoms with Gasteiger partial charge in [0, 0.05) is 18.5 Å². The number of nitrogens with one attached hydrogen (secondary N) is 1. The zero-order chi connectivity index (χ0) is 18.3. The summed E-state index contributed by atoms with van der Waals surface area (Å²) in [6.45, 7) is 1.29. The van der Waals surface area contributed by atoms with Crippen LogP contribution >= 0.6 is 0 Å². The van der Waals surface area contributed by atoms with Gasteiger partial charge in [-0.25, -0.2) is 0 Å². The maximum absolute atomic E-state index is 12.4. The van der Waals surface area contributed by atoms with E-state index in [1.54, 1.807) is 18.2 Å². The van der Waals surface area contributed by atoms with E-state index in [9.17, 15) is 20.3 Å². The molecule has 1 aliphatic carbocycles. The molecule has 1 saturated heterocycles. The summed E-state index contributed by atoms with van der Waals surface area (Å²) in [5.74, 6) is 0. The van der Waals surface area contributed by atoms with Crippen molar-refractivity contribution < 1.29 is 10.2 Å². The van der Waals surface area contributed by atoms with Crippen LogP contribution in [0.1, 0.15) is 49.3 Å². The van der Waals surface area contributed by atoms with Crippen LogP contribution in [0, 0.1) is 16.7 Å². The highest BCUT2D eigenvalue weighted by Crippen LogP contribution is 2.49. The molecular weight excluding hydrogens is 330 g/mol. The second-order valence-electron chi connectivity index (χ2n) is 7.63. The Kier molecular flexibility index (Phi) is 4.22. The molecular formula is C20H23N3O3. The van der Waals surface area contributed by atoms with Crippen LogP contribution < -0.4 is 10.5 Å². The molecule has 0 radical (unpaired) electrons. The molecule has 4 rings (SSSR count). The first-order valence-corrected chi connectivity index (χ1v) is 9.21. The van der Waals surface area contributed by atoms with Gasteiger partial charge in [0.15, 0.2) is 0 Å². The van der Waals surface area contributed by atoms with Gasteiger partial charge in [0.25, 0.3) is 5.56 Å². The van der Waals surface area contributed by atoms with Crippen LogP contribution in [0.3, 0.4) is 0 Å². The number of aliphatic hydroxyl groups is 2. The number of rotatable bonds is 3. The average Bonchev–Trinajstić information content (AvgIpc) is 2.64. The van der Waals surface area contributed by atoms with Gasteiger partial charge in [-0.1, -0.05) is 12.5 Å². The second-order valence-corrected chi connectivity index (χ2v) is 7.63. The number of nitrogens with zero attached hydrogens (tertiary/aromatic N) is 2. The maximum Gasteiger partial charge on any atom is 0.268 e. The van der Waals surface area contributed by atoms with Crippen molar-refractivity contribution in [2.45, 2.75) is 38.2 Å². The van der Waals surface area contributed by atoms with Crippen LogP contribution in [0.5, 0.6) is 0 Å². The van der Waals surface area contributed by atoms with E-state index >= 15 is 0 Å². The fourth-order valence-electron chi connectivity index (χ4n) is 4.42. The third-order valence-corrected chi connectivity index (χ3v) is 6.23. The number of benzene rings is 1. The highest BCUT2D eigenvalue weighted by Gasteiger charge is 2.40. The van der Waals surface area contributed by atoms with Crippen LogP contribution in [0.25, 0.3) is 10.9 Å². The largest absolute Gasteiger partial charge is 0.393 e. The molecule has 26 heavy (non-hydrogen) atoms. The van der Waals surface area contributed by atoms with Crippen LogP contribution in [-0.2, 0) is 0 Å². The molecule has 2 aromatic rings. The van der Waals surface area contributed by atoms with Gasteiger partial charge in [-0.05, 0) is 48.8 Å². The lowest BCUT2D eigenvalue weighted by atomic mass is 9.63. The van der Waals surface area contributed by atoms with Crippen LogP contribution in [0.15, 0.2) is 23.0 Å². The molecule has 0 amide bonds. The summed E-state index contributed by atoms with van der Waals surface area (Å²) in [6, 6.07) is 7.26. The minimum atomic E-state index is -0.982. The van der Waals surface area contributed by atoms with E-state index in [1.807, 2.05) is 0 Å². The normalized spacial score (nSPS) is 20.0. The van der Waals surface area contributed by atoms with Gasteiger partial charge < -0.3 is 20.1 Å². The Morgan fingerprint density at radius 3 is 2.58 bits per heavy atom. The summed E-state index contributed by atoms with van der Waals surface area (Å²) in [5.41, 5.74) is 2.09. The number of aromatic amines is 1. The standard InChI is InChI=1S/C20H23N3O3/c21-11-15-18(23-8-6-20(7-9-23)4-1-5-20)14-10-13(17(25)12-24)2-3-16(14)22-19(15)26/h2-3,10,17,24-25H,1,4-9,12H2,(H,22,26). The summed E-state index contributed by atoms with van der Waals surface area (Å²) in [4.78, 5) is 17.3. The van der Waals surface area contributed by atoms with E-state index in [0.29, 0.717) is 22.2 Å². The molecule has 0 bridgehead atoms. The minimum absolute atomic E-state index is 0.123. The molecule has 1 spiro atoms. The monoisotopic (exact) mass is 353 g/mol. The Bertz CT molecular complexity index is 930. The van der Waals surface area contributed by atoms with Gasteiger partial charge in [0.2, 0.25) is 0 Å². The van der Waals surface area contributed by atoms with E-state index in [1.165, 1.54) is 19.3 Å². The third kappa shape index (κ3) is 2.68. The average molecular weight is 353 g/mol. The number of hydrogen-bond acceptors (Lipinski definition) is 5. The number of pyridine rings is 1. The molecule has 1 saturated carbocycles. The highest BCUT2D eigenvalue weighted by molar-refractivity contribution is 5.95. The molecule has 6 nitrogen and oxygen atoms in total. The Hall–Kier alpha value is -2.36. The molecule has 1 unspecified atom stereocenters. The summed E-state index contributed by atoms with van der Waals surface area (Å²) in [6.07, 6.45) is 5.07. The molecule has 6 heteroatoms. The zero-order valence-corrected chi connectivity index (χ0v) is 14.7. The van der Waals surface area contributed by atoms with Crippen LogP contribution in [-0.4, -0.2) is 34.9 Å². The predicted octanol–water partition coefficient (Wildman–Crippen LogP) is 2.20. The maximum atomic E-state index is 12.4. The van der Waals surface area contributed by atoms with Gasteiger partial charge in [-0.15, -0.1) is 0 Å². The number of fused-ring (bicyclic) bond motifs is 1. The third-order valence-electron chi connectivity index (χ3n) is 6.23. The summed E-state index contributed by atoms with van der Waals surface area (Å²) < 4.78 is 0.